The predicted octanol–water partition coefficient (Wildman–Crippen LogP) is 3.23. The summed E-state index contributed by atoms with van der Waals surface area (Å²) in [7, 11) is 0. The Morgan fingerprint density at radius 2 is 2.00 bits per heavy atom. The number of halogens is 2. The van der Waals surface area contributed by atoms with Crippen molar-refractivity contribution in [3.63, 3.8) is 0 Å². The third kappa shape index (κ3) is 2.68. The summed E-state index contributed by atoms with van der Waals surface area (Å²) in [6.07, 6.45) is 0.515. The lowest BCUT2D eigenvalue weighted by atomic mass is 9.87. The normalized spacial score (nSPS) is 23.4. The summed E-state index contributed by atoms with van der Waals surface area (Å²) < 4.78 is 24.9. The second-order valence-corrected chi connectivity index (χ2v) is 4.90. The average molecular weight is 253 g/mol. The van der Waals surface area contributed by atoms with E-state index in [4.69, 9.17) is 0 Å². The molecule has 1 unspecified atom stereocenters. The number of nitrogens with one attached hydrogen (secondary N) is 1. The van der Waals surface area contributed by atoms with E-state index < -0.39 is 6.43 Å². The van der Waals surface area contributed by atoms with Gasteiger partial charge in [-0.3, -0.25) is 4.79 Å². The van der Waals surface area contributed by atoms with Gasteiger partial charge in [0, 0.05) is 17.5 Å². The highest BCUT2D eigenvalue weighted by molar-refractivity contribution is 5.79. The van der Waals surface area contributed by atoms with Crippen LogP contribution in [-0.2, 0) is 11.2 Å². The summed E-state index contributed by atoms with van der Waals surface area (Å²) in [6, 6.07) is 6.37. The third-order valence-electron chi connectivity index (χ3n) is 3.69. The first-order valence-corrected chi connectivity index (χ1v) is 6.23. The Bertz CT molecular complexity index is 430. The van der Waals surface area contributed by atoms with Gasteiger partial charge in [-0.1, -0.05) is 31.2 Å². The maximum Gasteiger partial charge on any atom is 0.263 e. The van der Waals surface area contributed by atoms with Crippen LogP contribution >= 0.6 is 0 Å². The average Bonchev–Trinajstić information content (AvgIpc) is 2.72. The first-order chi connectivity index (χ1) is 8.54. The molecule has 0 aliphatic carbocycles. The lowest BCUT2D eigenvalue weighted by Crippen LogP contribution is -2.42. The van der Waals surface area contributed by atoms with Crippen LogP contribution in [0.4, 0.5) is 8.78 Å². The second kappa shape index (κ2) is 5.04. The van der Waals surface area contributed by atoms with Crippen molar-refractivity contribution >= 4 is 5.91 Å². The van der Waals surface area contributed by atoms with E-state index in [0.717, 1.165) is 18.4 Å². The van der Waals surface area contributed by atoms with Crippen LogP contribution in [0.15, 0.2) is 24.3 Å². The van der Waals surface area contributed by atoms with Crippen molar-refractivity contribution in [3.8, 4) is 0 Å². The van der Waals surface area contributed by atoms with Crippen LogP contribution < -0.4 is 5.32 Å². The Balaban J connectivity index is 2.10. The van der Waals surface area contributed by atoms with Gasteiger partial charge in [-0.2, -0.15) is 0 Å². The molecule has 2 nitrogen and oxygen atoms in total. The smallest absolute Gasteiger partial charge is 0.263 e. The zero-order valence-corrected chi connectivity index (χ0v) is 10.4. The van der Waals surface area contributed by atoms with Crippen LogP contribution in [0.25, 0.3) is 0 Å². The van der Waals surface area contributed by atoms with Crippen molar-refractivity contribution < 1.29 is 13.6 Å². The van der Waals surface area contributed by atoms with Gasteiger partial charge in [0.05, 0.1) is 0 Å². The number of carbonyl (C=O) groups excluding carboxylic acids is 1. The van der Waals surface area contributed by atoms with Crippen molar-refractivity contribution in [1.82, 2.24) is 5.32 Å². The summed E-state index contributed by atoms with van der Waals surface area (Å²) in [5, 5.41) is 3.02. The molecule has 4 heteroatoms. The fraction of sp³-hybridized carbons (Fsp3) is 0.500. The van der Waals surface area contributed by atoms with Crippen LogP contribution in [0.5, 0.6) is 0 Å². The number of hydrogen-bond acceptors (Lipinski definition) is 1. The number of hydrogen-bond donors (Lipinski definition) is 1. The lowest BCUT2D eigenvalue weighted by Gasteiger charge is -2.28. The maximum absolute atomic E-state index is 12.4. The van der Waals surface area contributed by atoms with Crippen molar-refractivity contribution in [2.24, 2.45) is 0 Å². The second-order valence-electron chi connectivity index (χ2n) is 4.90. The van der Waals surface area contributed by atoms with Gasteiger partial charge in [-0.05, 0) is 24.8 Å². The fourth-order valence-corrected chi connectivity index (χ4v) is 2.47. The molecule has 2 rings (SSSR count). The summed E-state index contributed by atoms with van der Waals surface area (Å²) in [4.78, 5) is 11.3. The fourth-order valence-electron chi connectivity index (χ4n) is 2.47. The summed E-state index contributed by atoms with van der Waals surface area (Å²) in [6.45, 7) is 2.04. The SMILES string of the molecule is CCC1(Cc2ccc(C(F)F)cc2)CCC(=O)N1. The Kier molecular flexibility index (Phi) is 3.64. The van der Waals surface area contributed by atoms with Crippen LogP contribution in [0, 0.1) is 0 Å². The van der Waals surface area contributed by atoms with Crippen molar-refractivity contribution in [1.29, 1.82) is 0 Å². The van der Waals surface area contributed by atoms with Crippen molar-refractivity contribution in [2.75, 3.05) is 0 Å². The molecule has 0 saturated carbocycles. The minimum atomic E-state index is -2.43. The van der Waals surface area contributed by atoms with E-state index in [-0.39, 0.29) is 17.0 Å². The molecule has 1 heterocycles. The van der Waals surface area contributed by atoms with Gasteiger partial charge in [-0.15, -0.1) is 0 Å². The lowest BCUT2D eigenvalue weighted by molar-refractivity contribution is -0.119. The van der Waals surface area contributed by atoms with Gasteiger partial charge in [0.15, 0.2) is 0 Å². The van der Waals surface area contributed by atoms with E-state index >= 15 is 0 Å². The molecule has 1 atom stereocenters. The molecule has 0 aromatic heterocycles. The van der Waals surface area contributed by atoms with E-state index in [2.05, 4.69) is 5.32 Å². The molecule has 0 radical (unpaired) electrons. The Morgan fingerprint density at radius 1 is 1.33 bits per heavy atom. The van der Waals surface area contributed by atoms with E-state index in [1.807, 2.05) is 6.92 Å². The van der Waals surface area contributed by atoms with E-state index in [1.165, 1.54) is 12.1 Å². The van der Waals surface area contributed by atoms with Gasteiger partial charge in [0.2, 0.25) is 5.91 Å². The molecule has 1 aliphatic rings. The number of amides is 1. The molecule has 1 N–H and O–H groups in total. The summed E-state index contributed by atoms with van der Waals surface area (Å²) in [5.41, 5.74) is 0.840. The van der Waals surface area contributed by atoms with Gasteiger partial charge >= 0.3 is 0 Å². The molecule has 0 spiro atoms. The summed E-state index contributed by atoms with van der Waals surface area (Å²) in [5.74, 6) is 0.0843. The van der Waals surface area contributed by atoms with Gasteiger partial charge in [-0.25, -0.2) is 8.78 Å². The van der Waals surface area contributed by atoms with Crippen LogP contribution in [0.1, 0.15) is 43.7 Å². The molecule has 98 valence electrons. The molecule has 1 amide bonds. The van der Waals surface area contributed by atoms with Gasteiger partial charge < -0.3 is 5.32 Å². The van der Waals surface area contributed by atoms with E-state index in [1.54, 1.807) is 12.1 Å². The molecule has 1 aliphatic heterocycles. The monoisotopic (exact) mass is 253 g/mol. The summed E-state index contributed by atoms with van der Waals surface area (Å²) >= 11 is 0. The Morgan fingerprint density at radius 3 is 2.44 bits per heavy atom. The van der Waals surface area contributed by atoms with Crippen LogP contribution in [-0.4, -0.2) is 11.4 Å². The molecule has 18 heavy (non-hydrogen) atoms. The topological polar surface area (TPSA) is 29.1 Å². The van der Waals surface area contributed by atoms with Crippen molar-refractivity contribution in [2.45, 2.75) is 44.6 Å². The quantitative estimate of drug-likeness (QED) is 0.877. The molecular weight excluding hydrogens is 236 g/mol. The number of carbonyl (C=O) groups is 1. The van der Waals surface area contributed by atoms with Gasteiger partial charge in [0.25, 0.3) is 6.43 Å². The molecule has 1 aromatic rings. The molecule has 1 fully saturated rings. The van der Waals surface area contributed by atoms with Crippen LogP contribution in [0.2, 0.25) is 0 Å². The maximum atomic E-state index is 12.4. The first-order valence-electron chi connectivity index (χ1n) is 6.23. The predicted molar refractivity (Wildman–Crippen MR) is 65.5 cm³/mol. The number of rotatable bonds is 4. The highest BCUT2D eigenvalue weighted by Crippen LogP contribution is 2.28. The highest BCUT2D eigenvalue weighted by Gasteiger charge is 2.35. The Labute approximate surface area is 105 Å². The highest BCUT2D eigenvalue weighted by atomic mass is 19.3. The molecule has 1 saturated heterocycles. The largest absolute Gasteiger partial charge is 0.350 e. The first kappa shape index (κ1) is 13.0. The Hall–Kier alpha value is -1.45. The zero-order valence-electron chi connectivity index (χ0n) is 10.4. The van der Waals surface area contributed by atoms with Crippen LogP contribution in [0.3, 0.4) is 0 Å². The minimum absolute atomic E-state index is 0.0414. The molecule has 1 aromatic carbocycles. The third-order valence-corrected chi connectivity index (χ3v) is 3.69. The van der Waals surface area contributed by atoms with Crippen molar-refractivity contribution in [3.05, 3.63) is 35.4 Å². The number of alkyl halides is 2. The minimum Gasteiger partial charge on any atom is -0.350 e. The van der Waals surface area contributed by atoms with E-state index in [9.17, 15) is 13.6 Å². The molecule has 0 bridgehead atoms. The van der Waals surface area contributed by atoms with E-state index in [0.29, 0.717) is 12.8 Å². The zero-order chi connectivity index (χ0) is 13.2. The standard InChI is InChI=1S/C14H17F2NO/c1-2-14(8-7-12(18)17-14)9-10-3-5-11(6-4-10)13(15)16/h3-6,13H,2,7-9H2,1H3,(H,17,18). The molecular formula is C14H17F2NO. The number of benzene rings is 1. The van der Waals surface area contributed by atoms with Gasteiger partial charge in [0.1, 0.15) is 0 Å².